The van der Waals surface area contributed by atoms with Crippen LogP contribution in [-0.2, 0) is 16.1 Å². The summed E-state index contributed by atoms with van der Waals surface area (Å²) in [5.41, 5.74) is 2.38. The highest BCUT2D eigenvalue weighted by Gasteiger charge is 2.30. The summed E-state index contributed by atoms with van der Waals surface area (Å²) in [4.78, 5) is 39.4. The SMILES string of the molecule is CN(Cc1c(C=O)cccc1NC1CCN(CCO)CC1)C1CCC(=O)NC1=O. The lowest BCUT2D eigenvalue weighted by molar-refractivity contribution is -0.137. The monoisotopic (exact) mass is 402 g/mol. The number of carbonyl (C=O) groups excluding carboxylic acids is 3. The Morgan fingerprint density at radius 2 is 2.03 bits per heavy atom. The van der Waals surface area contributed by atoms with Gasteiger partial charge in [0.1, 0.15) is 6.29 Å². The molecular formula is C21H30N4O4. The van der Waals surface area contributed by atoms with Crippen molar-refractivity contribution in [1.29, 1.82) is 0 Å². The van der Waals surface area contributed by atoms with Crippen molar-refractivity contribution < 1.29 is 19.5 Å². The highest BCUT2D eigenvalue weighted by Crippen LogP contribution is 2.25. The molecule has 1 unspecified atom stereocenters. The van der Waals surface area contributed by atoms with Gasteiger partial charge in [0.15, 0.2) is 0 Å². The molecule has 2 aliphatic heterocycles. The van der Waals surface area contributed by atoms with Gasteiger partial charge >= 0.3 is 0 Å². The third kappa shape index (κ3) is 5.41. The Morgan fingerprint density at radius 1 is 1.28 bits per heavy atom. The van der Waals surface area contributed by atoms with Crippen molar-refractivity contribution in [3.05, 3.63) is 29.3 Å². The van der Waals surface area contributed by atoms with Crippen LogP contribution in [0.2, 0.25) is 0 Å². The maximum atomic E-state index is 12.2. The van der Waals surface area contributed by atoms with Crippen LogP contribution in [0.4, 0.5) is 5.69 Å². The van der Waals surface area contributed by atoms with Crippen molar-refractivity contribution in [2.75, 3.05) is 38.6 Å². The summed E-state index contributed by atoms with van der Waals surface area (Å²) in [5, 5.41) is 15.1. The fraction of sp³-hybridized carbons (Fsp3) is 0.571. The van der Waals surface area contributed by atoms with Gasteiger partial charge in [-0.2, -0.15) is 0 Å². The van der Waals surface area contributed by atoms with E-state index in [9.17, 15) is 14.4 Å². The van der Waals surface area contributed by atoms with E-state index < -0.39 is 0 Å². The van der Waals surface area contributed by atoms with Crippen molar-refractivity contribution >= 4 is 23.8 Å². The van der Waals surface area contributed by atoms with Gasteiger partial charge in [0.25, 0.3) is 0 Å². The predicted molar refractivity (Wildman–Crippen MR) is 110 cm³/mol. The largest absolute Gasteiger partial charge is 0.395 e. The number of benzene rings is 1. The molecule has 0 spiro atoms. The number of likely N-dealkylation sites (N-methyl/N-ethyl adjacent to an activating group) is 1. The Bertz CT molecular complexity index is 746. The summed E-state index contributed by atoms with van der Waals surface area (Å²) in [5.74, 6) is -0.513. The molecule has 29 heavy (non-hydrogen) atoms. The van der Waals surface area contributed by atoms with Crippen LogP contribution in [0.15, 0.2) is 18.2 Å². The van der Waals surface area contributed by atoms with Gasteiger partial charge in [0, 0.05) is 49.9 Å². The van der Waals surface area contributed by atoms with Crippen LogP contribution in [0.3, 0.4) is 0 Å². The van der Waals surface area contributed by atoms with E-state index in [1.807, 2.05) is 24.1 Å². The van der Waals surface area contributed by atoms with Crippen LogP contribution >= 0.6 is 0 Å². The molecule has 0 radical (unpaired) electrons. The molecule has 1 atom stereocenters. The minimum absolute atomic E-state index is 0.177. The molecule has 0 bridgehead atoms. The highest BCUT2D eigenvalue weighted by molar-refractivity contribution is 6.00. The van der Waals surface area contributed by atoms with E-state index >= 15 is 0 Å². The molecule has 3 N–H and O–H groups in total. The predicted octanol–water partition coefficient (Wildman–Crippen LogP) is 0.605. The normalized spacial score (nSPS) is 21.3. The number of rotatable bonds is 8. The summed E-state index contributed by atoms with van der Waals surface area (Å²) in [6.07, 6.45) is 3.59. The minimum atomic E-state index is -0.387. The lowest BCUT2D eigenvalue weighted by Gasteiger charge is -2.34. The molecule has 0 aliphatic carbocycles. The van der Waals surface area contributed by atoms with Crippen molar-refractivity contribution in [3.63, 3.8) is 0 Å². The molecule has 2 saturated heterocycles. The number of aliphatic hydroxyl groups is 1. The molecular weight excluding hydrogens is 372 g/mol. The number of aldehydes is 1. The zero-order chi connectivity index (χ0) is 20.8. The smallest absolute Gasteiger partial charge is 0.243 e. The Kier molecular flexibility index (Phi) is 7.35. The molecule has 8 nitrogen and oxygen atoms in total. The molecule has 1 aromatic carbocycles. The summed E-state index contributed by atoms with van der Waals surface area (Å²) >= 11 is 0. The average molecular weight is 402 g/mol. The molecule has 158 valence electrons. The van der Waals surface area contributed by atoms with Crippen LogP contribution in [0.25, 0.3) is 0 Å². The zero-order valence-corrected chi connectivity index (χ0v) is 16.9. The molecule has 0 saturated carbocycles. The number of nitrogens with one attached hydrogen (secondary N) is 2. The number of amides is 2. The van der Waals surface area contributed by atoms with E-state index in [0.29, 0.717) is 37.5 Å². The average Bonchev–Trinajstić information content (AvgIpc) is 2.70. The standard InChI is InChI=1S/C21H30N4O4/c1-24(19-5-6-20(28)23-21(19)29)13-17-15(14-27)3-2-4-18(17)22-16-7-9-25(10-8-16)11-12-26/h2-4,14,16,19,22,26H,5-13H2,1H3,(H,23,28,29). The number of anilines is 1. The van der Waals surface area contributed by atoms with Crippen molar-refractivity contribution in [2.24, 2.45) is 0 Å². The molecule has 1 aromatic rings. The number of imide groups is 1. The fourth-order valence-electron chi connectivity index (χ4n) is 4.15. The summed E-state index contributed by atoms with van der Waals surface area (Å²) < 4.78 is 0. The van der Waals surface area contributed by atoms with Gasteiger partial charge in [-0.05, 0) is 37.9 Å². The van der Waals surface area contributed by atoms with Crippen LogP contribution in [0.1, 0.15) is 41.6 Å². The zero-order valence-electron chi connectivity index (χ0n) is 16.9. The van der Waals surface area contributed by atoms with E-state index in [1.54, 1.807) is 6.07 Å². The summed E-state index contributed by atoms with van der Waals surface area (Å²) in [7, 11) is 1.85. The van der Waals surface area contributed by atoms with Gasteiger partial charge in [-0.15, -0.1) is 0 Å². The lowest BCUT2D eigenvalue weighted by Crippen LogP contribution is -2.51. The quantitative estimate of drug-likeness (QED) is 0.432. The molecule has 2 amide bonds. The number of β-amino-alcohol motifs (C(OH)–C–C–N with tert-alkyl or cyclic N) is 1. The van der Waals surface area contributed by atoms with Gasteiger partial charge < -0.3 is 15.3 Å². The first-order valence-electron chi connectivity index (χ1n) is 10.2. The molecule has 3 rings (SSSR count). The second-order valence-corrected chi connectivity index (χ2v) is 7.86. The van der Waals surface area contributed by atoms with E-state index in [-0.39, 0.29) is 24.5 Å². The van der Waals surface area contributed by atoms with Gasteiger partial charge in [-0.1, -0.05) is 12.1 Å². The Balaban J connectivity index is 1.70. The summed E-state index contributed by atoms with van der Waals surface area (Å²) in [6, 6.07) is 5.53. The highest BCUT2D eigenvalue weighted by atomic mass is 16.3. The number of aliphatic hydroxyl groups excluding tert-OH is 1. The number of hydrogen-bond acceptors (Lipinski definition) is 7. The van der Waals surface area contributed by atoms with Crippen LogP contribution in [0.5, 0.6) is 0 Å². The van der Waals surface area contributed by atoms with Gasteiger partial charge in [0.05, 0.1) is 12.6 Å². The molecule has 0 aromatic heterocycles. The van der Waals surface area contributed by atoms with Crippen LogP contribution < -0.4 is 10.6 Å². The first kappa shape index (κ1) is 21.4. The van der Waals surface area contributed by atoms with Crippen molar-refractivity contribution in [2.45, 2.75) is 44.3 Å². The van der Waals surface area contributed by atoms with Gasteiger partial charge in [0.2, 0.25) is 11.8 Å². The topological polar surface area (TPSA) is 102 Å². The molecule has 2 heterocycles. The van der Waals surface area contributed by atoms with E-state index in [1.165, 1.54) is 0 Å². The lowest BCUT2D eigenvalue weighted by atomic mass is 9.99. The fourth-order valence-corrected chi connectivity index (χ4v) is 4.15. The maximum Gasteiger partial charge on any atom is 0.243 e. The second kappa shape index (κ2) is 9.96. The molecule has 2 fully saturated rings. The van der Waals surface area contributed by atoms with Crippen molar-refractivity contribution in [1.82, 2.24) is 15.1 Å². The van der Waals surface area contributed by atoms with E-state index in [2.05, 4.69) is 15.5 Å². The Hall–Kier alpha value is -2.29. The Morgan fingerprint density at radius 3 is 2.69 bits per heavy atom. The number of carbonyl (C=O) groups is 3. The number of likely N-dealkylation sites (tertiary alicyclic amines) is 1. The molecule has 8 heteroatoms. The Labute approximate surface area is 171 Å². The maximum absolute atomic E-state index is 12.2. The number of nitrogens with zero attached hydrogens (tertiary/aromatic N) is 2. The van der Waals surface area contributed by atoms with Crippen LogP contribution in [0, 0.1) is 0 Å². The second-order valence-electron chi connectivity index (χ2n) is 7.86. The third-order valence-corrected chi connectivity index (χ3v) is 5.85. The van der Waals surface area contributed by atoms with E-state index in [0.717, 1.165) is 43.5 Å². The van der Waals surface area contributed by atoms with Gasteiger partial charge in [-0.25, -0.2) is 0 Å². The number of hydrogen-bond donors (Lipinski definition) is 3. The first-order chi connectivity index (χ1) is 14.0. The first-order valence-corrected chi connectivity index (χ1v) is 10.2. The molecule has 2 aliphatic rings. The minimum Gasteiger partial charge on any atom is -0.395 e. The van der Waals surface area contributed by atoms with Gasteiger partial charge in [-0.3, -0.25) is 24.6 Å². The summed E-state index contributed by atoms with van der Waals surface area (Å²) in [6.45, 7) is 3.17. The van der Waals surface area contributed by atoms with Crippen molar-refractivity contribution in [3.8, 4) is 0 Å². The number of piperidine rings is 2. The van der Waals surface area contributed by atoms with Crippen LogP contribution in [-0.4, -0.2) is 78.4 Å². The van der Waals surface area contributed by atoms with E-state index in [4.69, 9.17) is 5.11 Å². The third-order valence-electron chi connectivity index (χ3n) is 5.85.